The first-order valence-corrected chi connectivity index (χ1v) is 11.4. The number of anilines is 1. The van der Waals surface area contributed by atoms with Gasteiger partial charge in [-0.25, -0.2) is 4.79 Å². The molecule has 1 aromatic rings. The van der Waals surface area contributed by atoms with Gasteiger partial charge < -0.3 is 25.8 Å². The number of nitrogens with one attached hydrogen (secondary N) is 1. The van der Waals surface area contributed by atoms with Crippen LogP contribution in [0.25, 0.3) is 0 Å². The van der Waals surface area contributed by atoms with Gasteiger partial charge in [0.2, 0.25) is 11.5 Å². The summed E-state index contributed by atoms with van der Waals surface area (Å²) in [5.41, 5.74) is 5.45. The van der Waals surface area contributed by atoms with Gasteiger partial charge in [0, 0.05) is 17.3 Å². The molecule has 2 aliphatic heterocycles. The number of fused-ring (bicyclic) bond motifs is 1. The van der Waals surface area contributed by atoms with Crippen molar-refractivity contribution in [2.45, 2.75) is 18.3 Å². The van der Waals surface area contributed by atoms with Crippen molar-refractivity contribution in [1.29, 1.82) is 0 Å². The number of aliphatic carboxylic acids is 1. The number of carboxylic acids is 1. The summed E-state index contributed by atoms with van der Waals surface area (Å²) in [6, 6.07) is -0.976. The molecule has 2 atom stereocenters. The lowest BCUT2D eigenvalue weighted by atomic mass is 10.0. The number of nitrogens with two attached hydrogens (primary N) is 1. The summed E-state index contributed by atoms with van der Waals surface area (Å²) in [6.45, 7) is 3.70. The number of oxime groups is 1. The summed E-state index contributed by atoms with van der Waals surface area (Å²) in [7, 11) is 4.13. The number of β-lactam (4-membered cyclic amide) rings is 1. The number of nitrogen functional groups attached to an aromatic ring is 1. The zero-order chi connectivity index (χ0) is 23.6. The summed E-state index contributed by atoms with van der Waals surface area (Å²) in [5.74, 6) is -2.44. The molecular formula is C18H24N7O5S2+. The number of amides is 2. The minimum Gasteiger partial charge on any atom is -0.477 e. The van der Waals surface area contributed by atoms with Crippen molar-refractivity contribution in [2.75, 3.05) is 38.7 Å². The second-order valence-electron chi connectivity index (χ2n) is 7.78. The van der Waals surface area contributed by atoms with E-state index in [0.29, 0.717) is 17.9 Å². The van der Waals surface area contributed by atoms with Crippen molar-refractivity contribution < 1.29 is 29.2 Å². The van der Waals surface area contributed by atoms with Crippen molar-refractivity contribution in [3.63, 3.8) is 0 Å². The normalized spacial score (nSPS) is 21.5. The first kappa shape index (κ1) is 23.7. The largest absolute Gasteiger partial charge is 0.477 e. The van der Waals surface area contributed by atoms with E-state index in [0.717, 1.165) is 22.6 Å². The van der Waals surface area contributed by atoms with Gasteiger partial charge in [-0.3, -0.25) is 14.5 Å². The average molecular weight is 483 g/mol. The number of hydrogen-bond acceptors (Lipinski definition) is 10. The van der Waals surface area contributed by atoms with Crippen LogP contribution in [0.4, 0.5) is 5.13 Å². The summed E-state index contributed by atoms with van der Waals surface area (Å²) in [5, 5.41) is 23.8. The summed E-state index contributed by atoms with van der Waals surface area (Å²) < 4.78 is 4.56. The molecule has 0 aromatic carbocycles. The third kappa shape index (κ3) is 4.61. The van der Waals surface area contributed by atoms with Gasteiger partial charge in [-0.1, -0.05) is 11.2 Å². The number of carbonyl (C=O) groups is 3. The van der Waals surface area contributed by atoms with Gasteiger partial charge >= 0.3 is 5.97 Å². The second kappa shape index (κ2) is 9.26. The van der Waals surface area contributed by atoms with Crippen molar-refractivity contribution in [1.82, 2.24) is 19.6 Å². The second-order valence-corrected chi connectivity index (χ2v) is 9.67. The molecule has 1 fully saturated rings. The van der Waals surface area contributed by atoms with Crippen LogP contribution in [0, 0.1) is 0 Å². The average Bonchev–Trinajstić information content (AvgIpc) is 3.17. The standard InChI is InChI=1S/C18H23N7O5S2/c1-4-25(2,3)7-5-6-9-8-31-16-11(15(27)24(16)12(9)17(28)29)20-14(26)10(22-30)13-21-18(19)32-23-13/h5-6,11,16H,4,7-8H2,1-3H3,(H4-,19,20,21,23,26,28,29,30)/p+1/b6-5+. The van der Waals surface area contributed by atoms with Crippen LogP contribution in [0.5, 0.6) is 0 Å². The third-order valence-corrected chi connectivity index (χ3v) is 7.08. The fourth-order valence-corrected chi connectivity index (χ4v) is 4.87. The number of carbonyl (C=O) groups excluding carboxylic acids is 2. The highest BCUT2D eigenvalue weighted by atomic mass is 32.2. The Hall–Kier alpha value is -2.97. The molecule has 3 rings (SSSR count). The fourth-order valence-electron chi connectivity index (χ4n) is 3.11. The maximum absolute atomic E-state index is 12.7. The maximum atomic E-state index is 12.7. The molecule has 32 heavy (non-hydrogen) atoms. The van der Waals surface area contributed by atoms with E-state index in [-0.39, 0.29) is 16.7 Å². The molecule has 1 aromatic heterocycles. The van der Waals surface area contributed by atoms with Gasteiger partial charge in [-0.15, -0.1) is 11.8 Å². The van der Waals surface area contributed by atoms with Crippen molar-refractivity contribution in [3.8, 4) is 0 Å². The van der Waals surface area contributed by atoms with Gasteiger partial charge in [0.1, 0.15) is 17.1 Å². The number of thioether (sulfide) groups is 1. The Morgan fingerprint density at radius 1 is 1.44 bits per heavy atom. The lowest BCUT2D eigenvalue weighted by Crippen LogP contribution is -2.71. The molecule has 0 radical (unpaired) electrons. The van der Waals surface area contributed by atoms with Crippen LogP contribution in [-0.2, 0) is 14.4 Å². The Morgan fingerprint density at radius 2 is 2.16 bits per heavy atom. The molecule has 14 heteroatoms. The zero-order valence-corrected chi connectivity index (χ0v) is 19.3. The molecule has 2 amide bonds. The molecule has 0 spiro atoms. The lowest BCUT2D eigenvalue weighted by molar-refractivity contribution is -0.882. The monoisotopic (exact) mass is 482 g/mol. The highest BCUT2D eigenvalue weighted by Gasteiger charge is 2.54. The maximum Gasteiger partial charge on any atom is 0.352 e. The highest BCUT2D eigenvalue weighted by Crippen LogP contribution is 2.40. The van der Waals surface area contributed by atoms with E-state index in [1.807, 2.05) is 6.08 Å². The smallest absolute Gasteiger partial charge is 0.352 e. The van der Waals surface area contributed by atoms with E-state index in [1.54, 1.807) is 6.08 Å². The first-order valence-electron chi connectivity index (χ1n) is 9.61. The molecule has 2 unspecified atom stereocenters. The van der Waals surface area contributed by atoms with Gasteiger partial charge in [-0.05, 0) is 18.6 Å². The van der Waals surface area contributed by atoms with Crippen molar-refractivity contribution in [3.05, 3.63) is 29.2 Å². The third-order valence-electron chi connectivity index (χ3n) is 5.23. The molecule has 0 bridgehead atoms. The number of carboxylic acid groups (broad SMARTS) is 1. The van der Waals surface area contributed by atoms with E-state index >= 15 is 0 Å². The molecule has 12 nitrogen and oxygen atoms in total. The van der Waals surface area contributed by atoms with Crippen LogP contribution in [0.1, 0.15) is 12.7 Å². The van der Waals surface area contributed by atoms with Crippen molar-refractivity contribution in [2.24, 2.45) is 5.16 Å². The number of rotatable bonds is 8. The first-order chi connectivity index (χ1) is 15.1. The fraction of sp³-hybridized carbons (Fsp3) is 0.444. The molecule has 3 heterocycles. The van der Waals surface area contributed by atoms with Crippen LogP contribution in [0.15, 0.2) is 28.6 Å². The number of hydrogen-bond donors (Lipinski definition) is 4. The molecule has 0 saturated carbocycles. The van der Waals surface area contributed by atoms with Crippen LogP contribution in [0.2, 0.25) is 0 Å². The van der Waals surface area contributed by atoms with E-state index in [2.05, 4.69) is 40.8 Å². The predicted octanol–water partition coefficient (Wildman–Crippen LogP) is -0.310. The molecular weight excluding hydrogens is 458 g/mol. The summed E-state index contributed by atoms with van der Waals surface area (Å²) in [6.07, 6.45) is 3.65. The quantitative estimate of drug-likeness (QED) is 0.127. The minimum absolute atomic E-state index is 0.0839. The molecule has 172 valence electrons. The minimum atomic E-state index is -1.21. The molecule has 2 aliphatic rings. The molecule has 0 aliphatic carbocycles. The Bertz CT molecular complexity index is 1030. The number of allylic oxidation sites excluding steroid dienone is 1. The Labute approximate surface area is 192 Å². The number of quaternary nitrogens is 1. The van der Waals surface area contributed by atoms with E-state index in [4.69, 9.17) is 5.73 Å². The van der Waals surface area contributed by atoms with E-state index in [9.17, 15) is 24.7 Å². The van der Waals surface area contributed by atoms with Crippen LogP contribution in [0.3, 0.4) is 0 Å². The Kier molecular flexibility index (Phi) is 6.85. The lowest BCUT2D eigenvalue weighted by Gasteiger charge is -2.49. The van der Waals surface area contributed by atoms with Gasteiger partial charge in [0.15, 0.2) is 5.13 Å². The number of aromatic nitrogens is 2. The topological polar surface area (TPSA) is 171 Å². The van der Waals surface area contributed by atoms with Crippen molar-refractivity contribution >= 4 is 51.9 Å². The predicted molar refractivity (Wildman–Crippen MR) is 119 cm³/mol. The molecule has 5 N–H and O–H groups in total. The van der Waals surface area contributed by atoms with Crippen LogP contribution < -0.4 is 11.1 Å². The highest BCUT2D eigenvalue weighted by molar-refractivity contribution is 8.00. The van der Waals surface area contributed by atoms with E-state index in [1.165, 1.54) is 16.7 Å². The molecule has 1 saturated heterocycles. The SMILES string of the molecule is CC[N+](C)(C)C/C=C/C1=C(C(=O)O)N2C(=O)C(NC(=O)/C(=N/O)c3nsc(N)n3)C2SC1. The van der Waals surface area contributed by atoms with Crippen LogP contribution in [-0.4, -0.2) is 96.9 Å². The Morgan fingerprint density at radius 3 is 2.72 bits per heavy atom. The zero-order valence-electron chi connectivity index (χ0n) is 17.7. The van der Waals surface area contributed by atoms with Gasteiger partial charge in [0.05, 0.1) is 27.2 Å². The van der Waals surface area contributed by atoms with Gasteiger partial charge in [-0.2, -0.15) is 9.36 Å². The van der Waals surface area contributed by atoms with Crippen LogP contribution >= 0.6 is 23.3 Å². The number of nitrogens with zero attached hydrogens (tertiary/aromatic N) is 5. The summed E-state index contributed by atoms with van der Waals surface area (Å²) in [4.78, 5) is 42.1. The Balaban J connectivity index is 1.75. The summed E-state index contributed by atoms with van der Waals surface area (Å²) >= 11 is 2.16. The van der Waals surface area contributed by atoms with E-state index < -0.39 is 34.9 Å². The van der Waals surface area contributed by atoms with Gasteiger partial charge in [0.25, 0.3) is 11.8 Å². The number of likely N-dealkylation sites (N-methyl/N-ethyl adjacent to an activating group) is 1.